The summed E-state index contributed by atoms with van der Waals surface area (Å²) in [6.07, 6.45) is 7.83. The molecule has 0 saturated heterocycles. The summed E-state index contributed by atoms with van der Waals surface area (Å²) in [4.78, 5) is 1.94. The molecule has 0 aromatic rings. The Balaban J connectivity index is 1.86. The highest BCUT2D eigenvalue weighted by molar-refractivity contribution is 7.80. The third-order valence-corrected chi connectivity index (χ3v) is 4.24. The van der Waals surface area contributed by atoms with Gasteiger partial charge in [0.05, 0.1) is 25.0 Å². The van der Waals surface area contributed by atoms with Crippen LogP contribution in [-0.2, 0) is 0 Å². The Labute approximate surface area is 119 Å². The summed E-state index contributed by atoms with van der Waals surface area (Å²) in [5.74, 6) is 1.30. The molecule has 0 radical (unpaired) electrons. The van der Waals surface area contributed by atoms with Gasteiger partial charge < -0.3 is 10.2 Å². The molecule has 1 N–H and O–H groups in total. The van der Waals surface area contributed by atoms with Gasteiger partial charge in [0.1, 0.15) is 0 Å². The first-order valence-electron chi connectivity index (χ1n) is 6.72. The molecule has 5 heteroatoms. The predicted molar refractivity (Wildman–Crippen MR) is 76.9 cm³/mol. The monoisotopic (exact) mass is 274 g/mol. The number of hydrogen-bond acceptors (Lipinski definition) is 3. The maximum atomic E-state index is 8.68. The summed E-state index contributed by atoms with van der Waals surface area (Å²) >= 11 is 5.43. The van der Waals surface area contributed by atoms with E-state index < -0.39 is 0 Å². The normalized spacial score (nSPS) is 26.7. The summed E-state index contributed by atoms with van der Waals surface area (Å²) in [5.41, 5.74) is 0. The van der Waals surface area contributed by atoms with Gasteiger partial charge >= 0.3 is 0 Å². The van der Waals surface area contributed by atoms with E-state index in [4.69, 9.17) is 22.7 Å². The highest BCUT2D eigenvalue weighted by Crippen LogP contribution is 2.38. The smallest absolute Gasteiger partial charge is 0.169 e. The minimum Gasteiger partial charge on any atom is -0.359 e. The summed E-state index contributed by atoms with van der Waals surface area (Å²) in [6.45, 7) is 1.20. The van der Waals surface area contributed by atoms with Crippen molar-refractivity contribution in [3.8, 4) is 12.1 Å². The van der Waals surface area contributed by atoms with Crippen molar-refractivity contribution < 1.29 is 0 Å². The van der Waals surface area contributed by atoms with Gasteiger partial charge in [0.15, 0.2) is 5.11 Å². The van der Waals surface area contributed by atoms with Crippen molar-refractivity contribution in [1.29, 1.82) is 10.5 Å². The van der Waals surface area contributed by atoms with Crippen LogP contribution in [0.3, 0.4) is 0 Å². The maximum absolute atomic E-state index is 8.68. The standard InChI is InChI=1S/C14H18N4S/c15-5-1-7-18(8-2-6-16)14(19)17-13-10-11-3-4-12(13)9-11/h3-4,11-13H,1-2,7-10H2,(H,17,19)/t11-,12+,13-/m1/s1. The van der Waals surface area contributed by atoms with E-state index in [0.29, 0.717) is 48.9 Å². The van der Waals surface area contributed by atoms with Crippen molar-refractivity contribution in [2.24, 2.45) is 11.8 Å². The van der Waals surface area contributed by atoms with E-state index in [-0.39, 0.29) is 0 Å². The molecule has 0 heterocycles. The lowest BCUT2D eigenvalue weighted by atomic mass is 10.0. The Kier molecular flexibility index (Phi) is 4.76. The second-order valence-electron chi connectivity index (χ2n) is 5.14. The molecule has 0 spiro atoms. The van der Waals surface area contributed by atoms with Crippen molar-refractivity contribution >= 4 is 17.3 Å². The van der Waals surface area contributed by atoms with Crippen LogP contribution in [0.25, 0.3) is 0 Å². The highest BCUT2D eigenvalue weighted by Gasteiger charge is 2.36. The average Bonchev–Trinajstić information content (AvgIpc) is 3.01. The predicted octanol–water partition coefficient (Wildman–Crippen LogP) is 1.95. The zero-order chi connectivity index (χ0) is 13.7. The van der Waals surface area contributed by atoms with Gasteiger partial charge in [-0.05, 0) is 36.9 Å². The van der Waals surface area contributed by atoms with Crippen molar-refractivity contribution in [3.63, 3.8) is 0 Å². The fraction of sp³-hybridized carbons (Fsp3) is 0.643. The number of nitrogens with zero attached hydrogens (tertiary/aromatic N) is 3. The lowest BCUT2D eigenvalue weighted by Gasteiger charge is -2.29. The van der Waals surface area contributed by atoms with E-state index >= 15 is 0 Å². The van der Waals surface area contributed by atoms with Crippen LogP contribution < -0.4 is 5.32 Å². The third-order valence-electron chi connectivity index (χ3n) is 3.86. The molecular weight excluding hydrogens is 256 g/mol. The van der Waals surface area contributed by atoms with Gasteiger partial charge in [-0.1, -0.05) is 12.2 Å². The first-order chi connectivity index (χ1) is 9.24. The van der Waals surface area contributed by atoms with Crippen LogP contribution in [-0.4, -0.2) is 29.1 Å². The maximum Gasteiger partial charge on any atom is 0.169 e. The van der Waals surface area contributed by atoms with Crippen LogP contribution >= 0.6 is 12.2 Å². The fourth-order valence-corrected chi connectivity index (χ4v) is 3.22. The Hall–Kier alpha value is -1.59. The lowest BCUT2D eigenvalue weighted by Crippen LogP contribution is -2.46. The zero-order valence-corrected chi connectivity index (χ0v) is 11.7. The SMILES string of the molecule is N#CCCN(CCC#N)C(=S)N[C@@H]1C[C@@H]2C=C[C@H]1C2. The molecule has 0 amide bonds. The first kappa shape index (κ1) is 13.8. The van der Waals surface area contributed by atoms with Crippen LogP contribution in [0.5, 0.6) is 0 Å². The second kappa shape index (κ2) is 6.54. The number of nitriles is 2. The largest absolute Gasteiger partial charge is 0.359 e. The van der Waals surface area contributed by atoms with Gasteiger partial charge in [-0.2, -0.15) is 10.5 Å². The minimum absolute atomic E-state index is 0.425. The Morgan fingerprint density at radius 1 is 1.21 bits per heavy atom. The summed E-state index contributed by atoms with van der Waals surface area (Å²) in [5, 5.41) is 21.5. The van der Waals surface area contributed by atoms with Gasteiger partial charge in [0, 0.05) is 19.1 Å². The number of nitrogens with one attached hydrogen (secondary N) is 1. The molecule has 3 atom stereocenters. The molecule has 1 fully saturated rings. The highest BCUT2D eigenvalue weighted by atomic mass is 32.1. The molecule has 0 aliphatic heterocycles. The molecule has 19 heavy (non-hydrogen) atoms. The van der Waals surface area contributed by atoms with Crippen molar-refractivity contribution in [1.82, 2.24) is 10.2 Å². The first-order valence-corrected chi connectivity index (χ1v) is 7.13. The van der Waals surface area contributed by atoms with E-state index in [1.165, 1.54) is 6.42 Å². The molecule has 4 nitrogen and oxygen atoms in total. The molecular formula is C14H18N4S. The lowest BCUT2D eigenvalue weighted by molar-refractivity contribution is 0.408. The molecule has 0 aromatic carbocycles. The molecule has 2 bridgehead atoms. The van der Waals surface area contributed by atoms with E-state index in [1.807, 2.05) is 4.90 Å². The summed E-state index contributed by atoms with van der Waals surface area (Å²) in [7, 11) is 0. The van der Waals surface area contributed by atoms with Crippen LogP contribution in [0, 0.1) is 34.5 Å². The van der Waals surface area contributed by atoms with Crippen molar-refractivity contribution in [3.05, 3.63) is 12.2 Å². The van der Waals surface area contributed by atoms with Crippen LogP contribution in [0.15, 0.2) is 12.2 Å². The minimum atomic E-state index is 0.425. The van der Waals surface area contributed by atoms with E-state index in [1.54, 1.807) is 0 Å². The average molecular weight is 274 g/mol. The van der Waals surface area contributed by atoms with Crippen LogP contribution in [0.1, 0.15) is 25.7 Å². The van der Waals surface area contributed by atoms with Crippen LogP contribution in [0.4, 0.5) is 0 Å². The number of thiocarbonyl (C=S) groups is 1. The van der Waals surface area contributed by atoms with Gasteiger partial charge in [-0.25, -0.2) is 0 Å². The molecule has 2 rings (SSSR count). The number of hydrogen-bond donors (Lipinski definition) is 1. The molecule has 0 aromatic heterocycles. The molecule has 0 unspecified atom stereocenters. The van der Waals surface area contributed by atoms with E-state index in [9.17, 15) is 0 Å². The zero-order valence-electron chi connectivity index (χ0n) is 10.9. The summed E-state index contributed by atoms with van der Waals surface area (Å²) in [6, 6.07) is 4.68. The molecule has 2 aliphatic rings. The molecule has 100 valence electrons. The van der Waals surface area contributed by atoms with Crippen LogP contribution in [0.2, 0.25) is 0 Å². The molecule has 2 aliphatic carbocycles. The Morgan fingerprint density at radius 2 is 1.89 bits per heavy atom. The van der Waals surface area contributed by atoms with Crippen molar-refractivity contribution in [2.45, 2.75) is 31.7 Å². The van der Waals surface area contributed by atoms with Crippen molar-refractivity contribution in [2.75, 3.05) is 13.1 Å². The Bertz CT molecular complexity index is 427. The number of rotatable bonds is 5. The van der Waals surface area contributed by atoms with E-state index in [0.717, 1.165) is 6.42 Å². The van der Waals surface area contributed by atoms with Gasteiger partial charge in [0.25, 0.3) is 0 Å². The number of fused-ring (bicyclic) bond motifs is 2. The topological polar surface area (TPSA) is 62.9 Å². The second-order valence-corrected chi connectivity index (χ2v) is 5.53. The molecule has 1 saturated carbocycles. The van der Waals surface area contributed by atoms with Gasteiger partial charge in [-0.15, -0.1) is 0 Å². The van der Waals surface area contributed by atoms with Gasteiger partial charge in [-0.3, -0.25) is 0 Å². The summed E-state index contributed by atoms with van der Waals surface area (Å²) < 4.78 is 0. The fourth-order valence-electron chi connectivity index (χ4n) is 2.88. The number of allylic oxidation sites excluding steroid dienone is 1. The third kappa shape index (κ3) is 3.45. The Morgan fingerprint density at radius 3 is 2.37 bits per heavy atom. The van der Waals surface area contributed by atoms with E-state index in [2.05, 4.69) is 29.6 Å². The quantitative estimate of drug-likeness (QED) is 0.613. The van der Waals surface area contributed by atoms with Gasteiger partial charge in [0.2, 0.25) is 0 Å².